The first-order valence-electron chi connectivity index (χ1n) is 19.5. The van der Waals surface area contributed by atoms with Gasteiger partial charge in [0, 0.05) is 12.8 Å². The van der Waals surface area contributed by atoms with E-state index in [9.17, 15) is 14.7 Å². The summed E-state index contributed by atoms with van der Waals surface area (Å²) in [7, 11) is 0. The normalized spacial score (nSPS) is 12.1. The van der Waals surface area contributed by atoms with Crippen LogP contribution >= 0.6 is 0 Å². The van der Waals surface area contributed by atoms with Gasteiger partial charge in [-0.2, -0.15) is 0 Å². The molecule has 0 rings (SSSR count). The Bertz CT molecular complexity index is 605. The van der Waals surface area contributed by atoms with E-state index in [1.54, 1.807) is 0 Å². The van der Waals surface area contributed by atoms with Crippen LogP contribution in [-0.4, -0.2) is 36.4 Å². The van der Waals surface area contributed by atoms with Gasteiger partial charge in [0.15, 0.2) is 6.10 Å². The van der Waals surface area contributed by atoms with Crippen molar-refractivity contribution in [1.82, 2.24) is 0 Å². The zero-order valence-electron chi connectivity index (χ0n) is 29.9. The maximum Gasteiger partial charge on any atom is 0.306 e. The fourth-order valence-electron chi connectivity index (χ4n) is 5.86. The summed E-state index contributed by atoms with van der Waals surface area (Å²) in [6.07, 6.45) is 35.9. The number of aliphatic hydroxyl groups is 1. The Morgan fingerprint density at radius 1 is 0.500 bits per heavy atom. The molecule has 0 aliphatic rings. The molecule has 0 aliphatic carbocycles. The van der Waals surface area contributed by atoms with Gasteiger partial charge in [-0.15, -0.1) is 0 Å². The Morgan fingerprint density at radius 2 is 0.841 bits per heavy atom. The molecule has 0 heterocycles. The van der Waals surface area contributed by atoms with Gasteiger partial charge in [-0.1, -0.05) is 188 Å². The van der Waals surface area contributed by atoms with E-state index in [2.05, 4.69) is 20.8 Å². The highest BCUT2D eigenvalue weighted by Crippen LogP contribution is 2.16. The minimum atomic E-state index is -0.761. The van der Waals surface area contributed by atoms with E-state index in [1.807, 2.05) is 0 Å². The Morgan fingerprint density at radius 3 is 1.20 bits per heavy atom. The fraction of sp³-hybridized carbons (Fsp3) is 0.949. The molecule has 0 radical (unpaired) electrons. The van der Waals surface area contributed by atoms with Crippen molar-refractivity contribution < 1.29 is 24.2 Å². The van der Waals surface area contributed by atoms with Crippen molar-refractivity contribution in [3.8, 4) is 0 Å². The van der Waals surface area contributed by atoms with Gasteiger partial charge < -0.3 is 14.6 Å². The summed E-state index contributed by atoms with van der Waals surface area (Å²) in [5, 5.41) is 9.54. The molecule has 0 aromatic rings. The number of carbonyl (C=O) groups excluding carboxylic acids is 2. The van der Waals surface area contributed by atoms with Gasteiger partial charge in [0.1, 0.15) is 6.61 Å². The summed E-state index contributed by atoms with van der Waals surface area (Å²) in [4.78, 5) is 24.2. The van der Waals surface area contributed by atoms with Crippen LogP contribution in [0.5, 0.6) is 0 Å². The van der Waals surface area contributed by atoms with E-state index in [4.69, 9.17) is 9.47 Å². The lowest BCUT2D eigenvalue weighted by atomic mass is 10.0. The largest absolute Gasteiger partial charge is 0.462 e. The zero-order chi connectivity index (χ0) is 32.4. The molecule has 0 saturated carbocycles. The van der Waals surface area contributed by atoms with Crippen molar-refractivity contribution >= 4 is 11.9 Å². The van der Waals surface area contributed by atoms with Crippen LogP contribution in [0.25, 0.3) is 0 Å². The monoisotopic (exact) mass is 625 g/mol. The van der Waals surface area contributed by atoms with Crippen molar-refractivity contribution in [2.45, 2.75) is 219 Å². The third-order valence-electron chi connectivity index (χ3n) is 8.83. The molecule has 0 aromatic carbocycles. The van der Waals surface area contributed by atoms with Gasteiger partial charge in [0.05, 0.1) is 6.61 Å². The molecule has 0 bridgehead atoms. The molecule has 0 saturated heterocycles. The Labute approximate surface area is 274 Å². The van der Waals surface area contributed by atoms with Crippen LogP contribution < -0.4 is 0 Å². The van der Waals surface area contributed by atoms with Crippen molar-refractivity contribution in [1.29, 1.82) is 0 Å². The van der Waals surface area contributed by atoms with Crippen LogP contribution in [0, 0.1) is 5.92 Å². The molecule has 44 heavy (non-hydrogen) atoms. The summed E-state index contributed by atoms with van der Waals surface area (Å²) in [5.41, 5.74) is 0. The average Bonchev–Trinajstić information content (AvgIpc) is 3.01. The minimum Gasteiger partial charge on any atom is -0.462 e. The number of ether oxygens (including phenoxy) is 2. The second kappa shape index (κ2) is 34.8. The summed E-state index contributed by atoms with van der Waals surface area (Å²) in [6.45, 7) is 6.50. The van der Waals surface area contributed by atoms with Crippen LogP contribution in [0.4, 0.5) is 0 Å². The molecule has 0 spiro atoms. The van der Waals surface area contributed by atoms with Crippen LogP contribution in [0.3, 0.4) is 0 Å². The van der Waals surface area contributed by atoms with Crippen LogP contribution in [0.2, 0.25) is 0 Å². The molecular formula is C39H76O5. The molecule has 0 aliphatic heterocycles. The first-order chi connectivity index (χ1) is 21.5. The number of aliphatic hydroxyl groups excluding tert-OH is 1. The summed E-state index contributed by atoms with van der Waals surface area (Å²) >= 11 is 0. The van der Waals surface area contributed by atoms with Gasteiger partial charge >= 0.3 is 11.9 Å². The van der Waals surface area contributed by atoms with Gasteiger partial charge in [0.25, 0.3) is 0 Å². The van der Waals surface area contributed by atoms with Crippen LogP contribution in [0.15, 0.2) is 0 Å². The molecule has 0 amide bonds. The van der Waals surface area contributed by atoms with E-state index in [0.29, 0.717) is 12.8 Å². The Balaban J connectivity index is 3.50. The maximum absolute atomic E-state index is 12.1. The third-order valence-corrected chi connectivity index (χ3v) is 8.83. The number of hydrogen-bond donors (Lipinski definition) is 1. The van der Waals surface area contributed by atoms with E-state index in [1.165, 1.54) is 148 Å². The number of esters is 2. The van der Waals surface area contributed by atoms with Crippen LogP contribution in [-0.2, 0) is 19.1 Å². The molecule has 0 fully saturated rings. The van der Waals surface area contributed by atoms with E-state index < -0.39 is 6.10 Å². The van der Waals surface area contributed by atoms with Crippen LogP contribution in [0.1, 0.15) is 213 Å². The molecule has 0 unspecified atom stereocenters. The highest BCUT2D eigenvalue weighted by Gasteiger charge is 2.16. The van der Waals surface area contributed by atoms with E-state index in [-0.39, 0.29) is 25.2 Å². The third kappa shape index (κ3) is 33.8. The number of carbonyl (C=O) groups is 2. The maximum atomic E-state index is 12.1. The number of hydrogen-bond acceptors (Lipinski definition) is 5. The topological polar surface area (TPSA) is 72.8 Å². The second-order valence-corrected chi connectivity index (χ2v) is 13.9. The predicted molar refractivity (Wildman–Crippen MR) is 187 cm³/mol. The smallest absolute Gasteiger partial charge is 0.306 e. The Hall–Kier alpha value is -1.10. The quantitative estimate of drug-likeness (QED) is 0.0561. The lowest BCUT2D eigenvalue weighted by Gasteiger charge is -2.15. The lowest BCUT2D eigenvalue weighted by Crippen LogP contribution is -2.28. The van der Waals surface area contributed by atoms with E-state index in [0.717, 1.165) is 38.0 Å². The molecule has 0 aromatic heterocycles. The zero-order valence-corrected chi connectivity index (χ0v) is 29.9. The molecular weight excluding hydrogens is 548 g/mol. The van der Waals surface area contributed by atoms with Gasteiger partial charge in [0.2, 0.25) is 0 Å². The summed E-state index contributed by atoms with van der Waals surface area (Å²) < 4.78 is 10.6. The highest BCUT2D eigenvalue weighted by molar-refractivity contribution is 5.70. The molecule has 5 heteroatoms. The number of rotatable bonds is 35. The SMILES string of the molecule is CCCCCCCCCCCCCCCCCC(=O)OC[C@H](CO)OC(=O)CCCCCCCCCCCCCCC(C)C. The standard InChI is InChI=1S/C39H76O5/c1-4-5-6-7-8-9-10-11-12-13-17-20-23-26-29-32-38(41)43-35-37(34-40)44-39(42)33-30-27-24-21-18-15-14-16-19-22-25-28-31-36(2)3/h36-37,40H,4-35H2,1-3H3/t37-/m0/s1. The summed E-state index contributed by atoms with van der Waals surface area (Å²) in [6, 6.07) is 0. The summed E-state index contributed by atoms with van der Waals surface area (Å²) in [5.74, 6) is 0.264. The van der Waals surface area contributed by atoms with Crippen molar-refractivity contribution in [3.63, 3.8) is 0 Å². The number of unbranched alkanes of at least 4 members (excludes halogenated alkanes) is 25. The molecule has 1 atom stereocenters. The van der Waals surface area contributed by atoms with E-state index >= 15 is 0 Å². The van der Waals surface area contributed by atoms with Crippen molar-refractivity contribution in [3.05, 3.63) is 0 Å². The molecule has 262 valence electrons. The molecule has 1 N–H and O–H groups in total. The van der Waals surface area contributed by atoms with Gasteiger partial charge in [-0.05, 0) is 18.8 Å². The molecule has 5 nitrogen and oxygen atoms in total. The fourth-order valence-corrected chi connectivity index (χ4v) is 5.86. The van der Waals surface area contributed by atoms with Crippen molar-refractivity contribution in [2.75, 3.05) is 13.2 Å². The predicted octanol–water partition coefficient (Wildman–Crippen LogP) is 11.8. The van der Waals surface area contributed by atoms with Gasteiger partial charge in [-0.3, -0.25) is 9.59 Å². The first kappa shape index (κ1) is 42.9. The first-order valence-corrected chi connectivity index (χ1v) is 19.5. The van der Waals surface area contributed by atoms with Gasteiger partial charge in [-0.25, -0.2) is 0 Å². The lowest BCUT2D eigenvalue weighted by molar-refractivity contribution is -0.161. The average molecular weight is 625 g/mol. The Kier molecular flexibility index (Phi) is 33.9. The van der Waals surface area contributed by atoms with Crippen molar-refractivity contribution in [2.24, 2.45) is 5.92 Å². The highest BCUT2D eigenvalue weighted by atomic mass is 16.6. The second-order valence-electron chi connectivity index (χ2n) is 13.9. The minimum absolute atomic E-state index is 0.0578.